The van der Waals surface area contributed by atoms with Crippen LogP contribution in [0, 0.1) is 6.92 Å². The first-order valence-corrected chi connectivity index (χ1v) is 12.1. The van der Waals surface area contributed by atoms with Gasteiger partial charge in [-0.1, -0.05) is 6.07 Å². The van der Waals surface area contributed by atoms with E-state index in [-0.39, 0.29) is 0 Å². The van der Waals surface area contributed by atoms with E-state index in [9.17, 15) is 0 Å². The zero-order valence-corrected chi connectivity index (χ0v) is 20.8. The van der Waals surface area contributed by atoms with Gasteiger partial charge in [0.15, 0.2) is 0 Å². The van der Waals surface area contributed by atoms with E-state index in [2.05, 4.69) is 75.6 Å². The van der Waals surface area contributed by atoms with Gasteiger partial charge in [-0.25, -0.2) is 9.97 Å². The summed E-state index contributed by atoms with van der Waals surface area (Å²) in [6.45, 7) is 8.00. The second kappa shape index (κ2) is 11.1. The van der Waals surface area contributed by atoms with Crippen LogP contribution in [0.25, 0.3) is 0 Å². The van der Waals surface area contributed by atoms with Crippen LogP contribution in [-0.4, -0.2) is 43.8 Å². The van der Waals surface area contributed by atoms with E-state index in [1.165, 1.54) is 24.9 Å². The van der Waals surface area contributed by atoms with Crippen molar-refractivity contribution >= 4 is 28.7 Å². The van der Waals surface area contributed by atoms with Crippen LogP contribution in [0.15, 0.2) is 48.8 Å². The predicted octanol–water partition coefficient (Wildman–Crippen LogP) is 5.60. The van der Waals surface area contributed by atoms with Gasteiger partial charge in [-0.2, -0.15) is 0 Å². The molecule has 0 unspecified atom stereocenters. The highest BCUT2D eigenvalue weighted by molar-refractivity contribution is 5.71. The molecule has 0 radical (unpaired) electrons. The molecule has 3 heterocycles. The Morgan fingerprint density at radius 2 is 1.88 bits per heavy atom. The molecule has 1 aliphatic heterocycles. The lowest BCUT2D eigenvalue weighted by Gasteiger charge is -2.29. The monoisotopic (exact) mass is 460 g/mol. The average Bonchev–Trinajstić information content (AvgIpc) is 2.89. The topological polar surface area (TPSA) is 65.6 Å². The van der Waals surface area contributed by atoms with Crippen molar-refractivity contribution in [2.75, 3.05) is 54.2 Å². The summed E-state index contributed by atoms with van der Waals surface area (Å²) in [6.07, 6.45) is 7.55. The second-order valence-electron chi connectivity index (χ2n) is 8.80. The Morgan fingerprint density at radius 1 is 1.06 bits per heavy atom. The number of ether oxygens (including phenoxy) is 1. The van der Waals surface area contributed by atoms with Crippen LogP contribution in [0.1, 0.15) is 37.3 Å². The van der Waals surface area contributed by atoms with E-state index in [0.717, 1.165) is 59.5 Å². The Kier molecular flexibility index (Phi) is 7.72. The molecule has 0 aliphatic carbocycles. The van der Waals surface area contributed by atoms with Crippen LogP contribution in [0.3, 0.4) is 0 Å². The first-order chi connectivity index (χ1) is 16.6. The van der Waals surface area contributed by atoms with E-state index in [1.54, 1.807) is 7.11 Å². The molecule has 0 bridgehead atoms. The third-order valence-electron chi connectivity index (χ3n) is 6.44. The first kappa shape index (κ1) is 23.7. The van der Waals surface area contributed by atoms with E-state index >= 15 is 0 Å². The van der Waals surface area contributed by atoms with Crippen molar-refractivity contribution in [1.29, 1.82) is 0 Å². The maximum absolute atomic E-state index is 5.71. The second-order valence-corrected chi connectivity index (χ2v) is 8.80. The van der Waals surface area contributed by atoms with E-state index < -0.39 is 0 Å². The maximum Gasteiger partial charge on any atom is 0.144 e. The molecule has 3 aromatic rings. The highest BCUT2D eigenvalue weighted by Crippen LogP contribution is 2.33. The van der Waals surface area contributed by atoms with Gasteiger partial charge in [0, 0.05) is 74.7 Å². The van der Waals surface area contributed by atoms with Crippen LogP contribution < -0.4 is 25.2 Å². The van der Waals surface area contributed by atoms with Gasteiger partial charge in [0.05, 0.1) is 12.8 Å². The summed E-state index contributed by atoms with van der Waals surface area (Å²) >= 11 is 0. The smallest absolute Gasteiger partial charge is 0.144 e. The third kappa shape index (κ3) is 5.53. The van der Waals surface area contributed by atoms with Gasteiger partial charge in [0.2, 0.25) is 0 Å². The Labute approximate surface area is 203 Å². The van der Waals surface area contributed by atoms with Gasteiger partial charge in [0.1, 0.15) is 17.4 Å². The zero-order chi connectivity index (χ0) is 23.9. The molecule has 2 aromatic heterocycles. The molecule has 0 saturated carbocycles. The number of hydrogen-bond acceptors (Lipinski definition) is 7. The molecule has 34 heavy (non-hydrogen) atoms. The van der Waals surface area contributed by atoms with Gasteiger partial charge < -0.3 is 25.2 Å². The Morgan fingerprint density at radius 3 is 2.65 bits per heavy atom. The normalized spacial score (nSPS) is 13.5. The van der Waals surface area contributed by atoms with Gasteiger partial charge in [0.25, 0.3) is 0 Å². The molecule has 1 aliphatic rings. The molecular formula is C27H36N6O. The molecule has 7 nitrogen and oxygen atoms in total. The minimum absolute atomic E-state index is 0.686. The number of benzene rings is 1. The summed E-state index contributed by atoms with van der Waals surface area (Å²) in [5.41, 5.74) is 5.41. The van der Waals surface area contributed by atoms with E-state index in [4.69, 9.17) is 4.74 Å². The zero-order valence-electron chi connectivity index (χ0n) is 20.8. The summed E-state index contributed by atoms with van der Waals surface area (Å²) < 4.78 is 5.71. The molecule has 0 amide bonds. The fraction of sp³-hybridized carbons (Fsp3) is 0.407. The molecular weight excluding hydrogens is 424 g/mol. The van der Waals surface area contributed by atoms with Crippen LogP contribution in [0.5, 0.6) is 5.75 Å². The number of pyridine rings is 2. The molecule has 180 valence electrons. The van der Waals surface area contributed by atoms with Crippen molar-refractivity contribution in [3.63, 3.8) is 0 Å². The van der Waals surface area contributed by atoms with E-state index in [1.807, 2.05) is 24.5 Å². The lowest BCUT2D eigenvalue weighted by molar-refractivity contribution is 0.416. The number of methoxy groups -OCH3 is 1. The van der Waals surface area contributed by atoms with Crippen LogP contribution in [0.2, 0.25) is 0 Å². The lowest BCUT2D eigenvalue weighted by Crippen LogP contribution is -2.29. The Hall–Kier alpha value is -3.48. The highest BCUT2D eigenvalue weighted by atomic mass is 16.5. The van der Waals surface area contributed by atoms with Crippen LogP contribution >= 0.6 is 0 Å². The minimum Gasteiger partial charge on any atom is -0.494 e. The number of aromatic nitrogens is 2. The largest absolute Gasteiger partial charge is 0.494 e. The minimum atomic E-state index is 0.686. The first-order valence-electron chi connectivity index (χ1n) is 12.1. The van der Waals surface area contributed by atoms with Gasteiger partial charge >= 0.3 is 0 Å². The Bertz CT molecular complexity index is 1100. The highest BCUT2D eigenvalue weighted by Gasteiger charge is 2.14. The van der Waals surface area contributed by atoms with Crippen molar-refractivity contribution in [2.24, 2.45) is 0 Å². The maximum atomic E-state index is 5.71. The van der Waals surface area contributed by atoms with Crippen molar-refractivity contribution in [1.82, 2.24) is 9.97 Å². The number of anilines is 5. The molecule has 0 spiro atoms. The van der Waals surface area contributed by atoms with Crippen molar-refractivity contribution in [2.45, 2.75) is 39.7 Å². The lowest BCUT2D eigenvalue weighted by atomic mass is 10.1. The fourth-order valence-corrected chi connectivity index (χ4v) is 4.30. The van der Waals surface area contributed by atoms with Gasteiger partial charge in [-0.05, 0) is 56.9 Å². The molecule has 1 saturated heterocycles. The molecule has 0 atom stereocenters. The fourth-order valence-electron chi connectivity index (χ4n) is 4.30. The number of hydrogen-bond donors (Lipinski definition) is 2. The third-order valence-corrected chi connectivity index (χ3v) is 6.44. The van der Waals surface area contributed by atoms with Crippen molar-refractivity contribution < 1.29 is 4.74 Å². The Balaban J connectivity index is 1.49. The standard InChI is InChI=1S/C27H36N6O/c1-5-32(3)27-21(10-9-13-28-27)19-29-24-17-26(30-18-20(24)2)31-23-12-11-22(16-25(23)34-4)33-14-7-6-8-15-33/h9-13,16-18H,5-8,14-15,19H2,1-4H3,(H2,29,30,31). The van der Waals surface area contributed by atoms with Gasteiger partial charge in [-0.3, -0.25) is 0 Å². The van der Waals surface area contributed by atoms with Crippen LogP contribution in [0.4, 0.5) is 28.7 Å². The van der Waals surface area contributed by atoms with Crippen molar-refractivity contribution in [3.8, 4) is 5.75 Å². The van der Waals surface area contributed by atoms with Crippen LogP contribution in [-0.2, 0) is 6.54 Å². The summed E-state index contributed by atoms with van der Waals surface area (Å²) in [4.78, 5) is 13.8. The van der Waals surface area contributed by atoms with Gasteiger partial charge in [-0.15, -0.1) is 0 Å². The quantitative estimate of drug-likeness (QED) is 0.431. The van der Waals surface area contributed by atoms with E-state index in [0.29, 0.717) is 6.54 Å². The number of nitrogens with zero attached hydrogens (tertiary/aromatic N) is 4. The van der Waals surface area contributed by atoms with Crippen molar-refractivity contribution in [3.05, 3.63) is 59.9 Å². The number of nitrogens with one attached hydrogen (secondary N) is 2. The molecule has 7 heteroatoms. The number of aryl methyl sites for hydroxylation is 1. The summed E-state index contributed by atoms with van der Waals surface area (Å²) in [5.74, 6) is 2.60. The summed E-state index contributed by atoms with van der Waals surface area (Å²) in [7, 11) is 3.78. The average molecular weight is 461 g/mol. The molecule has 2 N–H and O–H groups in total. The molecule has 1 fully saturated rings. The SMILES string of the molecule is CCN(C)c1ncccc1CNc1cc(Nc2ccc(N3CCCCC3)cc2OC)ncc1C. The molecule has 4 rings (SSSR count). The summed E-state index contributed by atoms with van der Waals surface area (Å²) in [5, 5.41) is 7.01. The molecule has 1 aromatic carbocycles. The predicted molar refractivity (Wildman–Crippen MR) is 142 cm³/mol. The summed E-state index contributed by atoms with van der Waals surface area (Å²) in [6, 6.07) is 12.5. The number of piperidine rings is 1. The number of rotatable bonds is 9.